The van der Waals surface area contributed by atoms with Crippen molar-refractivity contribution in [3.63, 3.8) is 0 Å². The number of hydrogen-bond acceptors (Lipinski definition) is 6. The zero-order valence-corrected chi connectivity index (χ0v) is 15.5. The van der Waals surface area contributed by atoms with Gasteiger partial charge in [-0.2, -0.15) is 5.10 Å². The van der Waals surface area contributed by atoms with Gasteiger partial charge in [-0.05, 0) is 25.1 Å². The number of rotatable bonds is 6. The van der Waals surface area contributed by atoms with Crippen molar-refractivity contribution >= 4 is 22.6 Å². The normalized spacial score (nSPS) is 10.6. The minimum Gasteiger partial charge on any atom is -0.496 e. The lowest BCUT2D eigenvalue weighted by molar-refractivity contribution is -0.146. The van der Waals surface area contributed by atoms with Crippen LogP contribution in [0.2, 0.25) is 0 Å². The van der Waals surface area contributed by atoms with E-state index in [1.165, 1.54) is 7.11 Å². The maximum Gasteiger partial charge on any atom is 0.328 e. The number of ether oxygens (including phenoxy) is 2. The van der Waals surface area contributed by atoms with E-state index < -0.39 is 24.0 Å². The Kier molecular flexibility index (Phi) is 5.39. The Morgan fingerprint density at radius 1 is 1.14 bits per heavy atom. The summed E-state index contributed by atoms with van der Waals surface area (Å²) in [4.78, 5) is 36.5. The number of aryl methyl sites for hydroxylation is 1. The number of nitrogens with zero attached hydrogens (tertiary/aromatic N) is 2. The highest BCUT2D eigenvalue weighted by Gasteiger charge is 2.16. The molecule has 1 aromatic heterocycles. The topological polar surface area (TPSA) is 114 Å². The second-order valence-corrected chi connectivity index (χ2v) is 6.20. The van der Waals surface area contributed by atoms with Gasteiger partial charge in [0.05, 0.1) is 12.5 Å². The first-order valence-corrected chi connectivity index (χ1v) is 8.49. The number of methoxy groups -OCH3 is 1. The van der Waals surface area contributed by atoms with Gasteiger partial charge < -0.3 is 15.2 Å². The number of amides is 1. The van der Waals surface area contributed by atoms with E-state index in [2.05, 4.69) is 5.10 Å². The highest BCUT2D eigenvalue weighted by atomic mass is 16.5. The van der Waals surface area contributed by atoms with Gasteiger partial charge in [0, 0.05) is 10.9 Å². The summed E-state index contributed by atoms with van der Waals surface area (Å²) in [5.41, 5.74) is 6.47. The molecule has 144 valence electrons. The van der Waals surface area contributed by atoms with Crippen LogP contribution in [0.15, 0.2) is 47.3 Å². The number of hydrogen-bond donors (Lipinski definition) is 1. The standard InChI is InChI=1S/C20H19N3O5/c1-12-7-8-16(27-2)13(9-12)11-28-17(24)10-23-20(26)15-6-4-3-5-14(15)18(22-23)19(21)25/h3-9H,10-11H2,1-2H3,(H2,21,25). The fourth-order valence-corrected chi connectivity index (χ4v) is 2.87. The van der Waals surface area contributed by atoms with Crippen LogP contribution in [0.25, 0.3) is 10.8 Å². The Morgan fingerprint density at radius 3 is 2.54 bits per heavy atom. The molecular weight excluding hydrogens is 362 g/mol. The molecule has 0 spiro atoms. The summed E-state index contributed by atoms with van der Waals surface area (Å²) in [6, 6.07) is 12.0. The Balaban J connectivity index is 1.84. The van der Waals surface area contributed by atoms with Crippen LogP contribution in [-0.2, 0) is 22.7 Å². The summed E-state index contributed by atoms with van der Waals surface area (Å²) >= 11 is 0. The van der Waals surface area contributed by atoms with Crippen LogP contribution in [0.3, 0.4) is 0 Å². The molecule has 2 aromatic carbocycles. The highest BCUT2D eigenvalue weighted by molar-refractivity contribution is 6.04. The zero-order valence-electron chi connectivity index (χ0n) is 15.5. The van der Waals surface area contributed by atoms with E-state index in [1.807, 2.05) is 19.1 Å². The van der Waals surface area contributed by atoms with E-state index >= 15 is 0 Å². The minimum absolute atomic E-state index is 0.0192. The van der Waals surface area contributed by atoms with Crippen molar-refractivity contribution in [3.05, 3.63) is 69.6 Å². The molecule has 8 heteroatoms. The number of benzene rings is 2. The van der Waals surface area contributed by atoms with Crippen LogP contribution in [0, 0.1) is 6.92 Å². The van der Waals surface area contributed by atoms with Crippen LogP contribution in [-0.4, -0.2) is 28.8 Å². The summed E-state index contributed by atoms with van der Waals surface area (Å²) in [5.74, 6) is -0.873. The van der Waals surface area contributed by atoms with Crippen LogP contribution < -0.4 is 16.0 Å². The molecule has 8 nitrogen and oxygen atoms in total. The van der Waals surface area contributed by atoms with Crippen molar-refractivity contribution in [2.75, 3.05) is 7.11 Å². The Labute approximate surface area is 160 Å². The number of carbonyl (C=O) groups excluding carboxylic acids is 2. The lowest BCUT2D eigenvalue weighted by Crippen LogP contribution is -2.31. The van der Waals surface area contributed by atoms with Gasteiger partial charge in [0.2, 0.25) is 0 Å². The van der Waals surface area contributed by atoms with Crippen molar-refractivity contribution in [2.45, 2.75) is 20.1 Å². The molecule has 0 saturated carbocycles. The van der Waals surface area contributed by atoms with Crippen molar-refractivity contribution in [3.8, 4) is 5.75 Å². The smallest absolute Gasteiger partial charge is 0.328 e. The first kappa shape index (κ1) is 19.1. The summed E-state index contributed by atoms with van der Waals surface area (Å²) in [6.07, 6.45) is 0. The van der Waals surface area contributed by atoms with Crippen LogP contribution in [0.4, 0.5) is 0 Å². The Morgan fingerprint density at radius 2 is 1.86 bits per heavy atom. The third-order valence-corrected chi connectivity index (χ3v) is 4.20. The van der Waals surface area contributed by atoms with Crippen LogP contribution in [0.1, 0.15) is 21.6 Å². The summed E-state index contributed by atoms with van der Waals surface area (Å²) in [6.45, 7) is 1.45. The molecule has 0 radical (unpaired) electrons. The van der Waals surface area contributed by atoms with Crippen molar-refractivity contribution in [1.29, 1.82) is 0 Å². The van der Waals surface area contributed by atoms with Gasteiger partial charge in [0.15, 0.2) is 5.69 Å². The fourth-order valence-electron chi connectivity index (χ4n) is 2.87. The molecule has 0 atom stereocenters. The van der Waals surface area contributed by atoms with Gasteiger partial charge in [-0.25, -0.2) is 4.68 Å². The van der Waals surface area contributed by atoms with E-state index in [0.717, 1.165) is 10.2 Å². The van der Waals surface area contributed by atoms with E-state index in [1.54, 1.807) is 30.3 Å². The second-order valence-electron chi connectivity index (χ2n) is 6.20. The van der Waals surface area contributed by atoms with Crippen molar-refractivity contribution in [1.82, 2.24) is 9.78 Å². The molecule has 0 aliphatic carbocycles. The molecule has 0 saturated heterocycles. The number of aromatic nitrogens is 2. The number of nitrogens with two attached hydrogens (primary N) is 1. The molecule has 2 N–H and O–H groups in total. The van der Waals surface area contributed by atoms with E-state index in [9.17, 15) is 14.4 Å². The summed E-state index contributed by atoms with van der Waals surface area (Å²) in [5, 5.41) is 4.54. The fraction of sp³-hybridized carbons (Fsp3) is 0.200. The van der Waals surface area contributed by atoms with Gasteiger partial charge in [0.1, 0.15) is 18.9 Å². The minimum atomic E-state index is -0.789. The summed E-state index contributed by atoms with van der Waals surface area (Å²) in [7, 11) is 1.53. The first-order valence-electron chi connectivity index (χ1n) is 8.49. The first-order chi connectivity index (χ1) is 13.4. The number of primary amides is 1. The van der Waals surface area contributed by atoms with Gasteiger partial charge in [-0.3, -0.25) is 14.4 Å². The Bertz CT molecular complexity index is 1120. The molecule has 3 rings (SSSR count). The predicted molar refractivity (Wildman–Crippen MR) is 102 cm³/mol. The molecule has 1 amide bonds. The number of fused-ring (bicyclic) bond motifs is 1. The number of carbonyl (C=O) groups is 2. The molecule has 0 aliphatic rings. The van der Waals surface area contributed by atoms with Crippen LogP contribution in [0.5, 0.6) is 5.75 Å². The predicted octanol–water partition coefficient (Wildman–Crippen LogP) is 1.56. The lowest BCUT2D eigenvalue weighted by atomic mass is 10.1. The molecule has 1 heterocycles. The molecule has 3 aromatic rings. The van der Waals surface area contributed by atoms with Gasteiger partial charge in [-0.15, -0.1) is 0 Å². The SMILES string of the molecule is COc1ccc(C)cc1COC(=O)Cn1nc(C(N)=O)c2ccccc2c1=O. The molecule has 0 bridgehead atoms. The van der Waals surface area contributed by atoms with Crippen LogP contribution >= 0.6 is 0 Å². The average Bonchev–Trinajstić information content (AvgIpc) is 2.68. The monoisotopic (exact) mass is 381 g/mol. The van der Waals surface area contributed by atoms with Crippen molar-refractivity contribution < 1.29 is 19.1 Å². The van der Waals surface area contributed by atoms with Gasteiger partial charge in [-0.1, -0.05) is 29.8 Å². The highest BCUT2D eigenvalue weighted by Crippen LogP contribution is 2.20. The second kappa shape index (κ2) is 7.91. The molecule has 0 aliphatic heterocycles. The van der Waals surface area contributed by atoms with E-state index in [4.69, 9.17) is 15.2 Å². The Hall–Kier alpha value is -3.68. The zero-order chi connectivity index (χ0) is 20.3. The van der Waals surface area contributed by atoms with Gasteiger partial charge >= 0.3 is 5.97 Å². The van der Waals surface area contributed by atoms with E-state index in [0.29, 0.717) is 16.7 Å². The number of esters is 1. The van der Waals surface area contributed by atoms with E-state index in [-0.39, 0.29) is 17.7 Å². The quantitative estimate of drug-likeness (QED) is 0.648. The molecular formula is C20H19N3O5. The molecule has 28 heavy (non-hydrogen) atoms. The molecule has 0 fully saturated rings. The molecule has 0 unspecified atom stereocenters. The maximum absolute atomic E-state index is 12.6. The summed E-state index contributed by atoms with van der Waals surface area (Å²) < 4.78 is 11.4. The lowest BCUT2D eigenvalue weighted by Gasteiger charge is -2.11. The van der Waals surface area contributed by atoms with Crippen molar-refractivity contribution in [2.24, 2.45) is 5.73 Å². The maximum atomic E-state index is 12.6. The largest absolute Gasteiger partial charge is 0.496 e. The third-order valence-electron chi connectivity index (χ3n) is 4.20. The van der Waals surface area contributed by atoms with Gasteiger partial charge in [0.25, 0.3) is 11.5 Å². The average molecular weight is 381 g/mol. The third kappa shape index (κ3) is 3.85.